The first-order chi connectivity index (χ1) is 11.4. The summed E-state index contributed by atoms with van der Waals surface area (Å²) in [4.78, 5) is 4.29. The van der Waals surface area contributed by atoms with Gasteiger partial charge in [0.05, 0.1) is 17.8 Å². The molecular formula is C19H24BNO3. The lowest BCUT2D eigenvalue weighted by Crippen LogP contribution is -2.41. The number of pyridine rings is 1. The zero-order chi connectivity index (χ0) is 17.2. The Morgan fingerprint density at radius 2 is 1.62 bits per heavy atom. The van der Waals surface area contributed by atoms with Crippen LogP contribution in [0.2, 0.25) is 0 Å². The van der Waals surface area contributed by atoms with Crippen LogP contribution < -0.4 is 10.2 Å². The van der Waals surface area contributed by atoms with Gasteiger partial charge in [0, 0.05) is 18.3 Å². The Morgan fingerprint density at radius 3 is 2.21 bits per heavy atom. The third kappa shape index (κ3) is 3.63. The van der Waals surface area contributed by atoms with E-state index in [-0.39, 0.29) is 18.3 Å². The predicted octanol–water partition coefficient (Wildman–Crippen LogP) is 3.00. The fourth-order valence-electron chi connectivity index (χ4n) is 2.52. The van der Waals surface area contributed by atoms with Crippen LogP contribution in [-0.2, 0) is 15.7 Å². The molecule has 0 radical (unpaired) electrons. The second kappa shape index (κ2) is 6.57. The maximum Gasteiger partial charge on any atom is 0.494 e. The first-order valence-electron chi connectivity index (χ1n) is 8.36. The van der Waals surface area contributed by atoms with E-state index in [1.54, 1.807) is 6.20 Å². The van der Waals surface area contributed by atoms with Gasteiger partial charge in [0.25, 0.3) is 0 Å². The van der Waals surface area contributed by atoms with Crippen molar-refractivity contribution in [1.29, 1.82) is 0 Å². The first-order valence-corrected chi connectivity index (χ1v) is 8.36. The van der Waals surface area contributed by atoms with E-state index in [0.29, 0.717) is 6.61 Å². The molecule has 1 aliphatic heterocycles. The number of ether oxygens (including phenoxy) is 1. The molecule has 4 nitrogen and oxygen atoms in total. The molecule has 1 aromatic carbocycles. The van der Waals surface area contributed by atoms with Gasteiger partial charge in [-0.25, -0.2) is 0 Å². The van der Waals surface area contributed by atoms with Crippen molar-refractivity contribution in [2.45, 2.75) is 45.3 Å². The third-order valence-corrected chi connectivity index (χ3v) is 4.76. The molecule has 2 heterocycles. The van der Waals surface area contributed by atoms with E-state index in [1.165, 1.54) is 0 Å². The largest absolute Gasteiger partial charge is 0.494 e. The highest BCUT2D eigenvalue weighted by Gasteiger charge is 2.51. The molecule has 0 bridgehead atoms. The van der Waals surface area contributed by atoms with Crippen molar-refractivity contribution in [2.24, 2.45) is 0 Å². The highest BCUT2D eigenvalue weighted by Crippen LogP contribution is 2.36. The summed E-state index contributed by atoms with van der Waals surface area (Å²) in [5.41, 5.74) is 1.39. The second-order valence-electron chi connectivity index (χ2n) is 7.08. The monoisotopic (exact) mass is 325 g/mol. The average molecular weight is 325 g/mol. The molecule has 1 aromatic heterocycles. The first kappa shape index (κ1) is 17.0. The van der Waals surface area contributed by atoms with Gasteiger partial charge in [-0.1, -0.05) is 18.2 Å². The summed E-state index contributed by atoms with van der Waals surface area (Å²) >= 11 is 0. The van der Waals surface area contributed by atoms with Crippen molar-refractivity contribution in [2.75, 3.05) is 6.61 Å². The van der Waals surface area contributed by atoms with Gasteiger partial charge < -0.3 is 14.0 Å². The van der Waals surface area contributed by atoms with E-state index < -0.39 is 0 Å². The van der Waals surface area contributed by atoms with Crippen LogP contribution in [0.25, 0.3) is 0 Å². The fourth-order valence-corrected chi connectivity index (χ4v) is 2.52. The summed E-state index contributed by atoms with van der Waals surface area (Å²) in [5.74, 6) is 0.839. The van der Waals surface area contributed by atoms with Crippen LogP contribution in [0.15, 0.2) is 48.7 Å². The van der Waals surface area contributed by atoms with Crippen molar-refractivity contribution in [3.63, 3.8) is 0 Å². The number of hydrogen-bond donors (Lipinski definition) is 0. The summed E-state index contributed by atoms with van der Waals surface area (Å²) < 4.78 is 17.9. The molecule has 24 heavy (non-hydrogen) atoms. The molecule has 0 aliphatic carbocycles. The maximum atomic E-state index is 6.06. The minimum atomic E-state index is -0.336. The summed E-state index contributed by atoms with van der Waals surface area (Å²) in [6, 6.07) is 13.8. The molecule has 0 N–H and O–H groups in total. The molecule has 0 unspecified atom stereocenters. The smallest absolute Gasteiger partial charge is 0.493 e. The van der Waals surface area contributed by atoms with Gasteiger partial charge in [0.2, 0.25) is 0 Å². The number of nitrogens with zero attached hydrogens (tertiary/aromatic N) is 1. The lowest BCUT2D eigenvalue weighted by molar-refractivity contribution is 0.00578. The molecule has 0 atom stereocenters. The summed E-state index contributed by atoms with van der Waals surface area (Å²) in [7, 11) is -0.336. The number of hydrogen-bond acceptors (Lipinski definition) is 4. The molecule has 1 fully saturated rings. The van der Waals surface area contributed by atoms with Gasteiger partial charge in [0.15, 0.2) is 0 Å². The molecule has 2 aromatic rings. The van der Waals surface area contributed by atoms with Gasteiger partial charge >= 0.3 is 7.12 Å². The number of aromatic nitrogens is 1. The van der Waals surface area contributed by atoms with Crippen molar-refractivity contribution in [1.82, 2.24) is 4.98 Å². The quantitative estimate of drug-likeness (QED) is 0.793. The van der Waals surface area contributed by atoms with Crippen LogP contribution in [-0.4, -0.2) is 29.9 Å². The Balaban J connectivity index is 1.56. The summed E-state index contributed by atoms with van der Waals surface area (Å²) in [6.07, 6.45) is 2.59. The molecule has 0 saturated carbocycles. The Kier molecular flexibility index (Phi) is 4.65. The molecule has 0 spiro atoms. The van der Waals surface area contributed by atoms with E-state index in [2.05, 4.69) is 32.7 Å². The topological polar surface area (TPSA) is 40.6 Å². The number of benzene rings is 1. The molecule has 0 amide bonds. The van der Waals surface area contributed by atoms with Crippen molar-refractivity contribution < 1.29 is 14.0 Å². The van der Waals surface area contributed by atoms with Crippen LogP contribution in [0.1, 0.15) is 33.4 Å². The lowest BCUT2D eigenvalue weighted by atomic mass is 9.79. The van der Waals surface area contributed by atoms with Gasteiger partial charge in [-0.2, -0.15) is 0 Å². The molecule has 5 heteroatoms. The minimum absolute atomic E-state index is 0.324. The fraction of sp³-hybridized carbons (Fsp3) is 0.421. The van der Waals surface area contributed by atoms with Crippen molar-refractivity contribution in [3.05, 3.63) is 54.4 Å². The van der Waals surface area contributed by atoms with E-state index in [4.69, 9.17) is 14.0 Å². The average Bonchev–Trinajstić information content (AvgIpc) is 2.77. The van der Waals surface area contributed by atoms with Gasteiger partial charge in [0.1, 0.15) is 5.75 Å². The van der Waals surface area contributed by atoms with Crippen LogP contribution in [0.5, 0.6) is 5.75 Å². The van der Waals surface area contributed by atoms with Gasteiger partial charge in [-0.05, 0) is 57.4 Å². The standard InChI is InChI=1S/C19H24BNO3/c1-18(2)19(3,4)24-20(23-18)15-8-10-17(11-9-15)22-14-12-16-7-5-6-13-21-16/h5-11,13H,12,14H2,1-4H3. The highest BCUT2D eigenvalue weighted by atomic mass is 16.7. The summed E-state index contributed by atoms with van der Waals surface area (Å²) in [5, 5.41) is 0. The van der Waals surface area contributed by atoms with Crippen LogP contribution in [0, 0.1) is 0 Å². The molecular weight excluding hydrogens is 301 g/mol. The predicted molar refractivity (Wildman–Crippen MR) is 95.6 cm³/mol. The van der Waals surface area contributed by atoms with E-state index in [1.807, 2.05) is 42.5 Å². The molecule has 126 valence electrons. The Labute approximate surface area is 144 Å². The SMILES string of the molecule is CC1(C)OB(c2ccc(OCCc3ccccn3)cc2)OC1(C)C. The zero-order valence-corrected chi connectivity index (χ0v) is 14.8. The van der Waals surface area contributed by atoms with E-state index in [0.717, 1.165) is 23.3 Å². The maximum absolute atomic E-state index is 6.06. The van der Waals surface area contributed by atoms with E-state index >= 15 is 0 Å². The van der Waals surface area contributed by atoms with Gasteiger partial charge in [-0.3, -0.25) is 4.98 Å². The van der Waals surface area contributed by atoms with E-state index in [9.17, 15) is 0 Å². The Morgan fingerprint density at radius 1 is 0.958 bits per heavy atom. The normalized spacial score (nSPS) is 18.6. The van der Waals surface area contributed by atoms with Crippen molar-refractivity contribution >= 4 is 12.6 Å². The zero-order valence-electron chi connectivity index (χ0n) is 14.8. The summed E-state index contributed by atoms with van der Waals surface area (Å²) in [6.45, 7) is 8.83. The van der Waals surface area contributed by atoms with Crippen molar-refractivity contribution in [3.8, 4) is 5.75 Å². The molecule has 1 saturated heterocycles. The Hall–Kier alpha value is -1.85. The Bertz CT molecular complexity index is 655. The van der Waals surface area contributed by atoms with Crippen LogP contribution in [0.3, 0.4) is 0 Å². The second-order valence-corrected chi connectivity index (χ2v) is 7.08. The highest BCUT2D eigenvalue weighted by molar-refractivity contribution is 6.62. The lowest BCUT2D eigenvalue weighted by Gasteiger charge is -2.32. The van der Waals surface area contributed by atoms with Crippen LogP contribution >= 0.6 is 0 Å². The van der Waals surface area contributed by atoms with Gasteiger partial charge in [-0.15, -0.1) is 0 Å². The van der Waals surface area contributed by atoms with Crippen LogP contribution in [0.4, 0.5) is 0 Å². The molecule has 1 aliphatic rings. The molecule has 3 rings (SSSR count). The number of rotatable bonds is 5. The minimum Gasteiger partial charge on any atom is -0.493 e. The third-order valence-electron chi connectivity index (χ3n) is 4.76.